The zero-order valence-electron chi connectivity index (χ0n) is 8.66. The van der Waals surface area contributed by atoms with Gasteiger partial charge in [0.1, 0.15) is 0 Å². The van der Waals surface area contributed by atoms with Gasteiger partial charge >= 0.3 is 0 Å². The van der Waals surface area contributed by atoms with Gasteiger partial charge in [0, 0.05) is 6.04 Å². The van der Waals surface area contributed by atoms with Gasteiger partial charge in [-0.3, -0.25) is 0 Å². The molecule has 0 saturated heterocycles. The number of rotatable bonds is 4. The lowest BCUT2D eigenvalue weighted by Crippen LogP contribution is -2.33. The second-order valence-corrected chi connectivity index (χ2v) is 4.88. The molecule has 1 aromatic heterocycles. The third-order valence-electron chi connectivity index (χ3n) is 2.78. The Kier molecular flexibility index (Phi) is 3.94. The number of thiophene rings is 1. The zero-order chi connectivity index (χ0) is 9.84. The molecule has 0 aliphatic heterocycles. The van der Waals surface area contributed by atoms with E-state index in [1.807, 2.05) is 0 Å². The van der Waals surface area contributed by atoms with Gasteiger partial charge in [0.15, 0.2) is 0 Å². The number of hydrogen-bond acceptors (Lipinski definition) is 2. The normalized spacial score (nSPS) is 16.1. The average molecular weight is 197 g/mol. The summed E-state index contributed by atoms with van der Waals surface area (Å²) >= 11 is 1.75. The van der Waals surface area contributed by atoms with Crippen LogP contribution < -0.4 is 5.73 Å². The molecule has 0 amide bonds. The number of nitrogens with two attached hydrogens (primary N) is 1. The van der Waals surface area contributed by atoms with E-state index in [1.54, 1.807) is 11.3 Å². The summed E-state index contributed by atoms with van der Waals surface area (Å²) in [6.07, 6.45) is 1.02. The van der Waals surface area contributed by atoms with Crippen molar-refractivity contribution in [2.45, 2.75) is 33.2 Å². The highest BCUT2D eigenvalue weighted by Crippen LogP contribution is 2.17. The Morgan fingerprint density at radius 3 is 2.54 bits per heavy atom. The monoisotopic (exact) mass is 197 g/mol. The van der Waals surface area contributed by atoms with Gasteiger partial charge in [-0.25, -0.2) is 0 Å². The SMILES string of the molecule is CC(C)C(C)C(N)Cc1ccsc1. The minimum Gasteiger partial charge on any atom is -0.327 e. The second kappa shape index (κ2) is 4.77. The number of hydrogen-bond donors (Lipinski definition) is 1. The third-order valence-corrected chi connectivity index (χ3v) is 3.51. The van der Waals surface area contributed by atoms with Gasteiger partial charge in [-0.05, 0) is 40.6 Å². The van der Waals surface area contributed by atoms with E-state index in [0.29, 0.717) is 17.9 Å². The second-order valence-electron chi connectivity index (χ2n) is 4.10. The smallest absolute Gasteiger partial charge is 0.0108 e. The molecule has 1 nitrogen and oxygen atoms in total. The van der Waals surface area contributed by atoms with Crippen LogP contribution in [0.3, 0.4) is 0 Å². The summed E-state index contributed by atoms with van der Waals surface area (Å²) in [5.41, 5.74) is 7.49. The summed E-state index contributed by atoms with van der Waals surface area (Å²) in [4.78, 5) is 0. The lowest BCUT2D eigenvalue weighted by atomic mass is 9.88. The summed E-state index contributed by atoms with van der Waals surface area (Å²) in [6.45, 7) is 6.71. The Labute approximate surface area is 85.0 Å². The van der Waals surface area contributed by atoms with Crippen LogP contribution in [-0.4, -0.2) is 6.04 Å². The Balaban J connectivity index is 2.45. The molecule has 0 aliphatic carbocycles. The molecule has 0 aromatic carbocycles. The standard InChI is InChI=1S/C11H19NS/c1-8(2)9(3)11(12)6-10-4-5-13-7-10/h4-5,7-9,11H,6,12H2,1-3H3. The summed E-state index contributed by atoms with van der Waals surface area (Å²) in [7, 11) is 0. The van der Waals surface area contributed by atoms with Crippen LogP contribution in [0.2, 0.25) is 0 Å². The van der Waals surface area contributed by atoms with Crippen molar-refractivity contribution in [2.24, 2.45) is 17.6 Å². The Morgan fingerprint density at radius 2 is 2.08 bits per heavy atom. The predicted octanol–water partition coefficient (Wildman–Crippen LogP) is 2.91. The van der Waals surface area contributed by atoms with Crippen LogP contribution in [0.25, 0.3) is 0 Å². The van der Waals surface area contributed by atoms with Crippen LogP contribution in [0.15, 0.2) is 16.8 Å². The molecule has 0 saturated carbocycles. The first-order valence-corrected chi connectivity index (χ1v) is 5.82. The van der Waals surface area contributed by atoms with Crippen molar-refractivity contribution >= 4 is 11.3 Å². The summed E-state index contributed by atoms with van der Waals surface area (Å²) in [6, 6.07) is 2.46. The molecular weight excluding hydrogens is 178 g/mol. The maximum Gasteiger partial charge on any atom is 0.0108 e. The highest BCUT2D eigenvalue weighted by atomic mass is 32.1. The molecule has 0 radical (unpaired) electrons. The van der Waals surface area contributed by atoms with Crippen molar-refractivity contribution < 1.29 is 0 Å². The first-order valence-electron chi connectivity index (χ1n) is 4.88. The largest absolute Gasteiger partial charge is 0.327 e. The van der Waals surface area contributed by atoms with E-state index < -0.39 is 0 Å². The molecule has 2 unspecified atom stereocenters. The van der Waals surface area contributed by atoms with Crippen LogP contribution in [0.4, 0.5) is 0 Å². The van der Waals surface area contributed by atoms with Crippen molar-refractivity contribution in [1.82, 2.24) is 0 Å². The van der Waals surface area contributed by atoms with Gasteiger partial charge in [0.05, 0.1) is 0 Å². The quantitative estimate of drug-likeness (QED) is 0.789. The Hall–Kier alpha value is -0.340. The summed E-state index contributed by atoms with van der Waals surface area (Å²) in [5, 5.41) is 4.30. The van der Waals surface area contributed by atoms with E-state index in [0.717, 1.165) is 6.42 Å². The molecule has 13 heavy (non-hydrogen) atoms. The maximum absolute atomic E-state index is 6.11. The molecule has 0 spiro atoms. The van der Waals surface area contributed by atoms with E-state index in [1.165, 1.54) is 5.56 Å². The molecular formula is C11H19NS. The fraction of sp³-hybridized carbons (Fsp3) is 0.636. The van der Waals surface area contributed by atoms with Crippen LogP contribution >= 0.6 is 11.3 Å². The van der Waals surface area contributed by atoms with E-state index in [9.17, 15) is 0 Å². The maximum atomic E-state index is 6.11. The van der Waals surface area contributed by atoms with Crippen molar-refractivity contribution in [1.29, 1.82) is 0 Å². The molecule has 2 atom stereocenters. The van der Waals surface area contributed by atoms with E-state index >= 15 is 0 Å². The van der Waals surface area contributed by atoms with Crippen LogP contribution in [0.5, 0.6) is 0 Å². The van der Waals surface area contributed by atoms with Gasteiger partial charge in [-0.15, -0.1) is 0 Å². The van der Waals surface area contributed by atoms with Crippen molar-refractivity contribution in [3.63, 3.8) is 0 Å². The highest BCUT2D eigenvalue weighted by Gasteiger charge is 2.16. The van der Waals surface area contributed by atoms with E-state index in [-0.39, 0.29) is 0 Å². The summed E-state index contributed by atoms with van der Waals surface area (Å²) in [5.74, 6) is 1.27. The molecule has 1 heterocycles. The Morgan fingerprint density at radius 1 is 1.38 bits per heavy atom. The minimum atomic E-state index is 0.301. The Bertz CT molecular complexity index is 228. The average Bonchev–Trinajstić information content (AvgIpc) is 2.55. The lowest BCUT2D eigenvalue weighted by molar-refractivity contribution is 0.344. The van der Waals surface area contributed by atoms with E-state index in [4.69, 9.17) is 5.73 Å². The molecule has 74 valence electrons. The molecule has 1 aromatic rings. The van der Waals surface area contributed by atoms with Crippen molar-refractivity contribution in [3.05, 3.63) is 22.4 Å². The zero-order valence-corrected chi connectivity index (χ0v) is 9.47. The highest BCUT2D eigenvalue weighted by molar-refractivity contribution is 7.07. The van der Waals surface area contributed by atoms with Gasteiger partial charge < -0.3 is 5.73 Å². The van der Waals surface area contributed by atoms with Crippen LogP contribution in [0, 0.1) is 11.8 Å². The van der Waals surface area contributed by atoms with E-state index in [2.05, 4.69) is 37.6 Å². The molecule has 2 heteroatoms. The topological polar surface area (TPSA) is 26.0 Å². The van der Waals surface area contributed by atoms with Gasteiger partial charge in [-0.2, -0.15) is 11.3 Å². The van der Waals surface area contributed by atoms with Crippen molar-refractivity contribution in [2.75, 3.05) is 0 Å². The third kappa shape index (κ3) is 3.12. The van der Waals surface area contributed by atoms with Crippen molar-refractivity contribution in [3.8, 4) is 0 Å². The first-order chi connectivity index (χ1) is 6.11. The van der Waals surface area contributed by atoms with Gasteiger partial charge in [-0.1, -0.05) is 20.8 Å². The molecule has 0 fully saturated rings. The first kappa shape index (κ1) is 10.7. The summed E-state index contributed by atoms with van der Waals surface area (Å²) < 4.78 is 0. The minimum absolute atomic E-state index is 0.301. The molecule has 0 bridgehead atoms. The molecule has 1 rings (SSSR count). The molecule has 0 aliphatic rings. The fourth-order valence-electron chi connectivity index (χ4n) is 1.36. The lowest BCUT2D eigenvalue weighted by Gasteiger charge is -2.22. The van der Waals surface area contributed by atoms with Crippen LogP contribution in [-0.2, 0) is 6.42 Å². The van der Waals surface area contributed by atoms with Gasteiger partial charge in [0.25, 0.3) is 0 Å². The van der Waals surface area contributed by atoms with Gasteiger partial charge in [0.2, 0.25) is 0 Å². The fourth-order valence-corrected chi connectivity index (χ4v) is 2.04. The molecule has 2 N–H and O–H groups in total. The predicted molar refractivity (Wildman–Crippen MR) is 60.0 cm³/mol. The van der Waals surface area contributed by atoms with Crippen LogP contribution in [0.1, 0.15) is 26.3 Å².